The summed E-state index contributed by atoms with van der Waals surface area (Å²) in [6.45, 7) is 0. The van der Waals surface area contributed by atoms with Gasteiger partial charge < -0.3 is 10.1 Å². The normalized spacial score (nSPS) is 18.1. The highest BCUT2D eigenvalue weighted by Gasteiger charge is 2.23. The van der Waals surface area contributed by atoms with Crippen LogP contribution < -0.4 is 10.1 Å². The minimum atomic E-state index is 0.0341. The molecular weight excluding hydrogens is 258 g/mol. The highest BCUT2D eigenvalue weighted by molar-refractivity contribution is 8.00. The molecule has 2 aromatic rings. The summed E-state index contributed by atoms with van der Waals surface area (Å²) in [5, 5.41) is 2.96. The molecule has 1 heterocycles. The highest BCUT2D eigenvalue weighted by atomic mass is 32.2. The lowest BCUT2D eigenvalue weighted by Crippen LogP contribution is -2.18. The number of benzene rings is 2. The molecule has 1 atom stereocenters. The molecule has 3 nitrogen and oxygen atoms in total. The lowest BCUT2D eigenvalue weighted by atomic mass is 10.2. The fourth-order valence-electron chi connectivity index (χ4n) is 1.93. The molecule has 0 radical (unpaired) electrons. The minimum absolute atomic E-state index is 0.0341. The molecular formula is C15H13NO2S. The van der Waals surface area contributed by atoms with Gasteiger partial charge in [-0.15, -0.1) is 11.8 Å². The SMILES string of the molecule is O=C1CSC(c2cccc(Oc3ccccc3)c2)N1. The van der Waals surface area contributed by atoms with E-state index in [1.54, 1.807) is 11.8 Å². The Balaban J connectivity index is 1.78. The van der Waals surface area contributed by atoms with Crippen molar-refractivity contribution in [3.05, 3.63) is 60.2 Å². The van der Waals surface area contributed by atoms with Crippen molar-refractivity contribution in [1.82, 2.24) is 5.32 Å². The quantitative estimate of drug-likeness (QED) is 0.930. The Morgan fingerprint density at radius 1 is 1.05 bits per heavy atom. The summed E-state index contributed by atoms with van der Waals surface area (Å²) in [5.41, 5.74) is 1.06. The number of carbonyl (C=O) groups is 1. The second-order valence-corrected chi connectivity index (χ2v) is 5.34. The Kier molecular flexibility index (Phi) is 3.42. The number of thioether (sulfide) groups is 1. The third-order valence-corrected chi connectivity index (χ3v) is 3.97. The number of amides is 1. The fraction of sp³-hybridized carbons (Fsp3) is 0.133. The van der Waals surface area contributed by atoms with Gasteiger partial charge >= 0.3 is 0 Å². The van der Waals surface area contributed by atoms with E-state index in [9.17, 15) is 4.79 Å². The minimum Gasteiger partial charge on any atom is -0.457 e. The van der Waals surface area contributed by atoms with Crippen LogP contribution in [0.15, 0.2) is 54.6 Å². The molecule has 0 aromatic heterocycles. The summed E-state index contributed by atoms with van der Waals surface area (Å²) in [7, 11) is 0. The maximum Gasteiger partial charge on any atom is 0.231 e. The first kappa shape index (κ1) is 12.1. The van der Waals surface area contributed by atoms with Crippen molar-refractivity contribution in [2.45, 2.75) is 5.37 Å². The van der Waals surface area contributed by atoms with E-state index in [0.717, 1.165) is 17.1 Å². The van der Waals surface area contributed by atoms with Gasteiger partial charge in [-0.05, 0) is 29.8 Å². The number of nitrogens with one attached hydrogen (secondary N) is 1. The Morgan fingerprint density at radius 3 is 2.58 bits per heavy atom. The monoisotopic (exact) mass is 271 g/mol. The second-order valence-electron chi connectivity index (χ2n) is 4.25. The lowest BCUT2D eigenvalue weighted by molar-refractivity contribution is -0.118. The Labute approximate surface area is 116 Å². The molecule has 4 heteroatoms. The van der Waals surface area contributed by atoms with Crippen molar-refractivity contribution in [2.24, 2.45) is 0 Å². The zero-order chi connectivity index (χ0) is 13.1. The van der Waals surface area contributed by atoms with Gasteiger partial charge in [0.25, 0.3) is 0 Å². The molecule has 1 amide bonds. The molecule has 0 bridgehead atoms. The summed E-state index contributed by atoms with van der Waals surface area (Å²) in [5.74, 6) is 2.20. The second kappa shape index (κ2) is 5.36. The molecule has 96 valence electrons. The van der Waals surface area contributed by atoms with Crippen LogP contribution in [0.25, 0.3) is 0 Å². The molecule has 1 N–H and O–H groups in total. The standard InChI is InChI=1S/C15H13NO2S/c17-14-10-19-15(16-14)11-5-4-8-13(9-11)18-12-6-2-1-3-7-12/h1-9,15H,10H2,(H,16,17). The van der Waals surface area contributed by atoms with Crippen molar-refractivity contribution in [2.75, 3.05) is 5.75 Å². The van der Waals surface area contributed by atoms with Gasteiger partial charge in [-0.3, -0.25) is 4.79 Å². The zero-order valence-corrected chi connectivity index (χ0v) is 11.0. The van der Waals surface area contributed by atoms with Crippen molar-refractivity contribution in [3.8, 4) is 11.5 Å². The molecule has 1 fully saturated rings. The first-order chi connectivity index (χ1) is 9.31. The van der Waals surface area contributed by atoms with Crippen LogP contribution in [0.1, 0.15) is 10.9 Å². The molecule has 0 saturated carbocycles. The van der Waals surface area contributed by atoms with E-state index in [2.05, 4.69) is 5.32 Å². The third kappa shape index (κ3) is 2.90. The number of para-hydroxylation sites is 1. The first-order valence-electron chi connectivity index (χ1n) is 6.05. The summed E-state index contributed by atoms with van der Waals surface area (Å²) in [6.07, 6.45) is 0. The summed E-state index contributed by atoms with van der Waals surface area (Å²) in [4.78, 5) is 11.2. The molecule has 2 aromatic carbocycles. The van der Waals surface area contributed by atoms with Crippen LogP contribution in [-0.4, -0.2) is 11.7 Å². The number of rotatable bonds is 3. The first-order valence-corrected chi connectivity index (χ1v) is 7.10. The molecule has 19 heavy (non-hydrogen) atoms. The molecule has 1 saturated heterocycles. The Hall–Kier alpha value is -1.94. The van der Waals surface area contributed by atoms with Crippen molar-refractivity contribution >= 4 is 17.7 Å². The van der Waals surface area contributed by atoms with Crippen molar-refractivity contribution in [3.63, 3.8) is 0 Å². The summed E-state index contributed by atoms with van der Waals surface area (Å²) < 4.78 is 5.78. The van der Waals surface area contributed by atoms with Gasteiger partial charge in [0.05, 0.1) is 5.75 Å². The zero-order valence-electron chi connectivity index (χ0n) is 10.2. The van der Waals surface area contributed by atoms with Gasteiger partial charge in [0, 0.05) is 0 Å². The maximum absolute atomic E-state index is 11.2. The van der Waals surface area contributed by atoms with Crippen LogP contribution >= 0.6 is 11.8 Å². The third-order valence-electron chi connectivity index (χ3n) is 2.81. The van der Waals surface area contributed by atoms with Crippen molar-refractivity contribution in [1.29, 1.82) is 0 Å². The largest absolute Gasteiger partial charge is 0.457 e. The van der Waals surface area contributed by atoms with E-state index in [1.165, 1.54) is 0 Å². The molecule has 3 rings (SSSR count). The van der Waals surface area contributed by atoms with Gasteiger partial charge in [-0.25, -0.2) is 0 Å². The highest BCUT2D eigenvalue weighted by Crippen LogP contribution is 2.33. The number of carbonyl (C=O) groups excluding carboxylic acids is 1. The number of hydrogen-bond acceptors (Lipinski definition) is 3. The number of hydrogen-bond donors (Lipinski definition) is 1. The summed E-state index contributed by atoms with van der Waals surface area (Å²) in [6, 6.07) is 17.5. The molecule has 0 spiro atoms. The Morgan fingerprint density at radius 2 is 1.84 bits per heavy atom. The smallest absolute Gasteiger partial charge is 0.231 e. The molecule has 0 aliphatic carbocycles. The van der Waals surface area contributed by atoms with Crippen LogP contribution in [0.4, 0.5) is 0 Å². The van der Waals surface area contributed by atoms with Gasteiger partial charge in [-0.1, -0.05) is 30.3 Å². The molecule has 1 aliphatic heterocycles. The molecule has 1 unspecified atom stereocenters. The van der Waals surface area contributed by atoms with E-state index in [0.29, 0.717) is 5.75 Å². The van der Waals surface area contributed by atoms with Gasteiger partial charge in [0.1, 0.15) is 16.9 Å². The van der Waals surface area contributed by atoms with E-state index in [4.69, 9.17) is 4.74 Å². The molecule has 1 aliphatic rings. The van der Waals surface area contributed by atoms with E-state index >= 15 is 0 Å². The summed E-state index contributed by atoms with van der Waals surface area (Å²) >= 11 is 1.60. The average Bonchev–Trinajstić information content (AvgIpc) is 2.87. The maximum atomic E-state index is 11.2. The van der Waals surface area contributed by atoms with E-state index in [-0.39, 0.29) is 11.3 Å². The van der Waals surface area contributed by atoms with Gasteiger partial charge in [0.2, 0.25) is 5.91 Å². The van der Waals surface area contributed by atoms with Crippen LogP contribution in [0.2, 0.25) is 0 Å². The van der Waals surface area contributed by atoms with Gasteiger partial charge in [0.15, 0.2) is 0 Å². The average molecular weight is 271 g/mol. The Bertz CT molecular complexity index is 586. The topological polar surface area (TPSA) is 38.3 Å². The van der Waals surface area contributed by atoms with Crippen molar-refractivity contribution < 1.29 is 9.53 Å². The van der Waals surface area contributed by atoms with Crippen LogP contribution in [0.3, 0.4) is 0 Å². The van der Waals surface area contributed by atoms with Gasteiger partial charge in [-0.2, -0.15) is 0 Å². The predicted molar refractivity (Wildman–Crippen MR) is 76.3 cm³/mol. The van der Waals surface area contributed by atoms with E-state index < -0.39 is 0 Å². The number of ether oxygens (including phenoxy) is 1. The van der Waals surface area contributed by atoms with Crippen LogP contribution in [0, 0.1) is 0 Å². The fourth-order valence-corrected chi connectivity index (χ4v) is 2.89. The van der Waals surface area contributed by atoms with E-state index in [1.807, 2.05) is 54.6 Å². The van der Waals surface area contributed by atoms with Crippen LogP contribution in [0.5, 0.6) is 11.5 Å². The van der Waals surface area contributed by atoms with Crippen LogP contribution in [-0.2, 0) is 4.79 Å². The predicted octanol–water partition coefficient (Wildman–Crippen LogP) is 3.34. The lowest BCUT2D eigenvalue weighted by Gasteiger charge is -2.11.